The second-order valence-corrected chi connectivity index (χ2v) is 7.95. The normalized spacial score (nSPS) is 16.7. The van der Waals surface area contributed by atoms with Crippen LogP contribution in [0.15, 0.2) is 35.8 Å². The van der Waals surface area contributed by atoms with Crippen LogP contribution in [0.2, 0.25) is 0 Å². The fourth-order valence-corrected chi connectivity index (χ4v) is 3.87. The molecule has 1 N–H and O–H groups in total. The van der Waals surface area contributed by atoms with Crippen LogP contribution < -0.4 is 5.32 Å². The molecule has 160 valence electrons. The number of nitrogens with zero attached hydrogens (tertiary/aromatic N) is 2. The molecule has 2 aliphatic rings. The van der Waals surface area contributed by atoms with Crippen LogP contribution in [0, 0.1) is 29.9 Å². The molecule has 0 spiro atoms. The molecule has 0 radical (unpaired) electrons. The highest BCUT2D eigenvalue weighted by Gasteiger charge is 2.38. The van der Waals surface area contributed by atoms with Crippen LogP contribution in [0.25, 0.3) is 5.70 Å². The summed E-state index contributed by atoms with van der Waals surface area (Å²) in [5.74, 6) is -2.67. The van der Waals surface area contributed by atoms with Crippen LogP contribution in [0.4, 0.5) is 27.6 Å². The van der Waals surface area contributed by atoms with Gasteiger partial charge in [0.2, 0.25) is 0 Å². The number of hydrogen-bond donors (Lipinski definition) is 1. The average molecular weight is 431 g/mol. The van der Waals surface area contributed by atoms with Crippen molar-refractivity contribution in [1.29, 1.82) is 5.26 Å². The van der Waals surface area contributed by atoms with Crippen molar-refractivity contribution < 1.29 is 22.0 Å². The highest BCUT2D eigenvalue weighted by Crippen LogP contribution is 2.38. The van der Waals surface area contributed by atoms with Crippen molar-refractivity contribution in [3.63, 3.8) is 0 Å². The number of hydrogen-bond acceptors (Lipinski definition) is 3. The Hall–Kier alpha value is -3.21. The van der Waals surface area contributed by atoms with Gasteiger partial charge in [-0.2, -0.15) is 18.4 Å². The van der Waals surface area contributed by atoms with Gasteiger partial charge in [-0.15, -0.1) is 0 Å². The Morgan fingerprint density at radius 1 is 1.19 bits per heavy atom. The van der Waals surface area contributed by atoms with Gasteiger partial charge in [0.1, 0.15) is 17.2 Å². The van der Waals surface area contributed by atoms with Crippen LogP contribution >= 0.6 is 0 Å². The highest BCUT2D eigenvalue weighted by atomic mass is 19.4. The topological polar surface area (TPSA) is 48.2 Å². The second-order valence-electron chi connectivity index (χ2n) is 7.95. The van der Waals surface area contributed by atoms with Gasteiger partial charge in [0.05, 0.1) is 23.0 Å². The molecule has 1 aliphatic heterocycles. The maximum absolute atomic E-state index is 14.6. The van der Waals surface area contributed by atoms with Crippen LogP contribution in [0.3, 0.4) is 0 Å². The van der Waals surface area contributed by atoms with Crippen molar-refractivity contribution in [3.05, 3.63) is 70.3 Å². The predicted octanol–water partition coefficient (Wildman–Crippen LogP) is 5.98. The third kappa shape index (κ3) is 3.58. The number of benzene rings is 2. The van der Waals surface area contributed by atoms with E-state index in [1.165, 1.54) is 0 Å². The van der Waals surface area contributed by atoms with Crippen molar-refractivity contribution >= 4 is 17.1 Å². The summed E-state index contributed by atoms with van der Waals surface area (Å²) < 4.78 is 68.2. The Kier molecular flexibility index (Phi) is 4.88. The molecular weight excluding hydrogens is 413 g/mol. The summed E-state index contributed by atoms with van der Waals surface area (Å²) in [6.45, 7) is 4.96. The second kappa shape index (κ2) is 7.19. The van der Waals surface area contributed by atoms with Gasteiger partial charge < -0.3 is 5.32 Å². The Bertz CT molecular complexity index is 1170. The summed E-state index contributed by atoms with van der Waals surface area (Å²) >= 11 is 0. The van der Waals surface area contributed by atoms with E-state index in [0.29, 0.717) is 28.6 Å². The third-order valence-corrected chi connectivity index (χ3v) is 5.89. The first-order valence-electron chi connectivity index (χ1n) is 9.70. The van der Waals surface area contributed by atoms with Gasteiger partial charge in [0, 0.05) is 23.2 Å². The molecule has 3 nitrogen and oxygen atoms in total. The molecule has 0 amide bonds. The molecule has 0 atom stereocenters. The van der Waals surface area contributed by atoms with Gasteiger partial charge in [-0.05, 0) is 49.4 Å². The lowest BCUT2D eigenvalue weighted by molar-refractivity contribution is -0.140. The van der Waals surface area contributed by atoms with Gasteiger partial charge in [0.15, 0.2) is 0 Å². The van der Waals surface area contributed by atoms with Crippen LogP contribution in [0.1, 0.15) is 47.1 Å². The highest BCUT2D eigenvalue weighted by molar-refractivity contribution is 6.07. The van der Waals surface area contributed by atoms with E-state index in [4.69, 9.17) is 0 Å². The smallest absolute Gasteiger partial charge is 0.367 e. The molecule has 1 heterocycles. The monoisotopic (exact) mass is 431 g/mol. The van der Waals surface area contributed by atoms with E-state index in [2.05, 4.69) is 23.0 Å². The third-order valence-electron chi connectivity index (χ3n) is 5.89. The minimum Gasteiger partial charge on any atom is -0.367 e. The Labute approximate surface area is 175 Å². The summed E-state index contributed by atoms with van der Waals surface area (Å²) in [7, 11) is 0. The molecule has 31 heavy (non-hydrogen) atoms. The zero-order valence-electron chi connectivity index (χ0n) is 16.6. The molecule has 8 heteroatoms. The van der Waals surface area contributed by atoms with Crippen molar-refractivity contribution in [2.24, 2.45) is 4.99 Å². The molecule has 4 rings (SSSR count). The average Bonchev–Trinajstić information content (AvgIpc) is 3.10. The quantitative estimate of drug-likeness (QED) is 0.606. The van der Waals surface area contributed by atoms with Crippen molar-refractivity contribution in [1.82, 2.24) is 5.32 Å². The minimum atomic E-state index is -4.95. The number of nitriles is 1. The molecule has 1 fully saturated rings. The first kappa shape index (κ1) is 21.0. The number of aliphatic imine (C=N–C) groups is 1. The van der Waals surface area contributed by atoms with E-state index < -0.39 is 34.5 Å². The van der Waals surface area contributed by atoms with Gasteiger partial charge in [-0.25, -0.2) is 8.78 Å². The Morgan fingerprint density at radius 3 is 2.48 bits per heavy atom. The molecule has 1 saturated carbocycles. The molecule has 2 aromatic rings. The SMILES string of the molecule is C=C(NC1(C#N)CCC1)c1ccc2c(c1)N=C(c1cc(C(F)(F)F)c(F)c(C)c1F)C2. The van der Waals surface area contributed by atoms with E-state index in [-0.39, 0.29) is 17.7 Å². The van der Waals surface area contributed by atoms with E-state index in [1.54, 1.807) is 18.2 Å². The predicted molar refractivity (Wildman–Crippen MR) is 107 cm³/mol. The number of rotatable bonds is 4. The molecule has 0 aromatic heterocycles. The lowest BCUT2D eigenvalue weighted by Gasteiger charge is -2.37. The maximum Gasteiger partial charge on any atom is 0.419 e. The summed E-state index contributed by atoms with van der Waals surface area (Å²) in [6, 6.07) is 7.95. The largest absolute Gasteiger partial charge is 0.419 e. The van der Waals surface area contributed by atoms with Gasteiger partial charge in [-0.1, -0.05) is 18.7 Å². The standard InChI is InChI=1S/C23H18F5N3/c1-12-20(24)16(10-17(21(12)25)23(26,27)28)19-9-15-5-4-14(8-18(15)30-19)13(2)31-22(11-29)6-3-7-22/h4-5,8,10,31H,2-3,6-7,9H2,1H3. The first-order chi connectivity index (χ1) is 14.5. The molecular formula is C23H18F5N3. The summed E-state index contributed by atoms with van der Waals surface area (Å²) in [6.07, 6.45) is -2.43. The first-order valence-corrected chi connectivity index (χ1v) is 9.70. The van der Waals surface area contributed by atoms with Crippen LogP contribution in [-0.2, 0) is 12.6 Å². The Balaban J connectivity index is 1.67. The molecule has 0 unspecified atom stereocenters. The van der Waals surface area contributed by atoms with Crippen LogP contribution in [0.5, 0.6) is 0 Å². The number of halogens is 5. The van der Waals surface area contributed by atoms with Crippen LogP contribution in [-0.4, -0.2) is 11.3 Å². The van der Waals surface area contributed by atoms with Crippen molar-refractivity contribution in [2.45, 2.75) is 44.3 Å². The minimum absolute atomic E-state index is 0.101. The van der Waals surface area contributed by atoms with Gasteiger partial charge >= 0.3 is 6.18 Å². The fourth-order valence-electron chi connectivity index (χ4n) is 3.87. The molecule has 0 bridgehead atoms. The summed E-state index contributed by atoms with van der Waals surface area (Å²) in [4.78, 5) is 4.32. The van der Waals surface area contributed by atoms with E-state index in [1.807, 2.05) is 0 Å². The lowest BCUT2D eigenvalue weighted by atomic mass is 9.77. The summed E-state index contributed by atoms with van der Waals surface area (Å²) in [5, 5.41) is 12.5. The number of nitrogens with one attached hydrogen (secondary N) is 1. The zero-order valence-corrected chi connectivity index (χ0v) is 16.6. The van der Waals surface area contributed by atoms with Gasteiger partial charge in [0.25, 0.3) is 0 Å². The van der Waals surface area contributed by atoms with Gasteiger partial charge in [-0.3, -0.25) is 4.99 Å². The molecule has 1 aliphatic carbocycles. The zero-order chi connectivity index (χ0) is 22.6. The molecule has 0 saturated heterocycles. The molecule has 2 aromatic carbocycles. The Morgan fingerprint density at radius 2 is 1.90 bits per heavy atom. The number of fused-ring (bicyclic) bond motifs is 1. The van der Waals surface area contributed by atoms with Crippen molar-refractivity contribution in [3.8, 4) is 6.07 Å². The fraction of sp³-hybridized carbons (Fsp3) is 0.304. The van der Waals surface area contributed by atoms with E-state index in [0.717, 1.165) is 26.2 Å². The summed E-state index contributed by atoms with van der Waals surface area (Å²) in [5.41, 5.74) is -0.696. The maximum atomic E-state index is 14.6. The van der Waals surface area contributed by atoms with E-state index in [9.17, 15) is 27.2 Å². The number of alkyl halides is 3. The van der Waals surface area contributed by atoms with E-state index >= 15 is 0 Å². The van der Waals surface area contributed by atoms with Crippen molar-refractivity contribution in [2.75, 3.05) is 0 Å². The lowest BCUT2D eigenvalue weighted by Crippen LogP contribution is -2.48.